The van der Waals surface area contributed by atoms with Crippen LogP contribution >= 0.6 is 11.6 Å². The molecule has 1 aliphatic carbocycles. The first kappa shape index (κ1) is 23.1. The number of carbonyl (C=O) groups excluding carboxylic acids is 1. The smallest absolute Gasteiger partial charge is 0.339 e. The molecule has 1 heterocycles. The maximum atomic E-state index is 13.4. The van der Waals surface area contributed by atoms with Crippen molar-refractivity contribution in [2.75, 3.05) is 13.2 Å². The second-order valence-corrected chi connectivity index (χ2v) is 9.25. The Kier molecular flexibility index (Phi) is 6.82. The molecule has 176 valence electrons. The number of hydrogen-bond donors (Lipinski definition) is 0. The van der Waals surface area contributed by atoms with Crippen LogP contribution < -0.4 is 4.74 Å². The number of fused-ring (bicyclic) bond motifs is 2. The molecule has 5 rings (SSSR count). The highest BCUT2D eigenvalue weighted by molar-refractivity contribution is 6.32. The van der Waals surface area contributed by atoms with Crippen LogP contribution in [-0.2, 0) is 11.2 Å². The predicted molar refractivity (Wildman–Crippen MR) is 141 cm³/mol. The summed E-state index contributed by atoms with van der Waals surface area (Å²) in [6.07, 6.45) is 3.87. The molecule has 35 heavy (non-hydrogen) atoms. The maximum absolute atomic E-state index is 13.4. The van der Waals surface area contributed by atoms with E-state index in [1.807, 2.05) is 54.6 Å². The molecule has 0 radical (unpaired) electrons. The minimum atomic E-state index is -0.351. The first-order valence-electron chi connectivity index (χ1n) is 11.8. The van der Waals surface area contributed by atoms with E-state index in [-0.39, 0.29) is 19.2 Å². The number of pyridine rings is 1. The predicted octanol–water partition coefficient (Wildman–Crippen LogP) is 7.25. The Hall–Kier alpha value is -3.63. The van der Waals surface area contributed by atoms with E-state index in [0.29, 0.717) is 22.3 Å². The molecule has 0 amide bonds. The van der Waals surface area contributed by atoms with Crippen molar-refractivity contribution < 1.29 is 14.3 Å². The van der Waals surface area contributed by atoms with Crippen molar-refractivity contribution >= 4 is 40.1 Å². The number of halogens is 1. The Labute approximate surface area is 210 Å². The third-order valence-electron chi connectivity index (χ3n) is 6.17. The summed E-state index contributed by atoms with van der Waals surface area (Å²) in [7, 11) is 0. The number of hydrogen-bond acceptors (Lipinski definition) is 4. The fourth-order valence-electron chi connectivity index (χ4n) is 4.64. The number of ether oxygens (including phenoxy) is 2. The second-order valence-electron chi connectivity index (χ2n) is 8.84. The van der Waals surface area contributed by atoms with E-state index >= 15 is 0 Å². The standard InChI is InChI=1S/C30H26ClNO3/c1-20-17-22(19-21-9-3-2-4-10-21)29-24(18-20)28(23-11-5-7-13-26(23)32-29)30(33)35-16-15-34-27-14-8-6-12-25(27)31/h2-14,19-20H,15-18H2,1H3. The number of esters is 1. The van der Waals surface area contributed by atoms with Gasteiger partial charge in [-0.2, -0.15) is 0 Å². The molecule has 0 fully saturated rings. The lowest BCUT2D eigenvalue weighted by Gasteiger charge is -2.26. The van der Waals surface area contributed by atoms with Crippen LogP contribution in [0, 0.1) is 5.92 Å². The Morgan fingerprint density at radius 1 is 0.971 bits per heavy atom. The van der Waals surface area contributed by atoms with E-state index in [4.69, 9.17) is 26.1 Å². The third-order valence-corrected chi connectivity index (χ3v) is 6.49. The summed E-state index contributed by atoms with van der Waals surface area (Å²) >= 11 is 6.15. The molecule has 0 saturated carbocycles. The van der Waals surface area contributed by atoms with Crippen LogP contribution in [0.1, 0.15) is 40.5 Å². The third kappa shape index (κ3) is 5.08. The Balaban J connectivity index is 1.47. The summed E-state index contributed by atoms with van der Waals surface area (Å²) in [5.74, 6) is 0.604. The van der Waals surface area contributed by atoms with Crippen LogP contribution in [0.3, 0.4) is 0 Å². The lowest BCUT2D eigenvalue weighted by molar-refractivity contribution is 0.0451. The first-order valence-corrected chi connectivity index (χ1v) is 12.2. The van der Waals surface area contributed by atoms with Crippen LogP contribution in [0.15, 0.2) is 78.9 Å². The summed E-state index contributed by atoms with van der Waals surface area (Å²) in [5.41, 5.74) is 5.52. The molecule has 4 aromatic rings. The SMILES string of the molecule is CC1CC(=Cc2ccccc2)c2nc3ccccc3c(C(=O)OCCOc3ccccc3Cl)c2C1. The number of rotatable bonds is 6. The summed E-state index contributed by atoms with van der Waals surface area (Å²) in [6, 6.07) is 25.3. The van der Waals surface area contributed by atoms with Gasteiger partial charge in [-0.05, 0) is 59.7 Å². The molecule has 0 aliphatic heterocycles. The van der Waals surface area contributed by atoms with Gasteiger partial charge in [-0.25, -0.2) is 9.78 Å². The molecule has 1 atom stereocenters. The largest absolute Gasteiger partial charge is 0.488 e. The van der Waals surface area contributed by atoms with Gasteiger partial charge in [0.15, 0.2) is 0 Å². The molecular formula is C30H26ClNO3. The fraction of sp³-hybridized carbons (Fsp3) is 0.200. The number of allylic oxidation sites excluding steroid dienone is 1. The van der Waals surface area contributed by atoms with E-state index < -0.39 is 0 Å². The van der Waals surface area contributed by atoms with Gasteiger partial charge >= 0.3 is 5.97 Å². The minimum absolute atomic E-state index is 0.123. The number of nitrogens with zero attached hydrogens (tertiary/aromatic N) is 1. The molecule has 0 spiro atoms. The van der Waals surface area contributed by atoms with Crippen molar-refractivity contribution in [1.29, 1.82) is 0 Å². The van der Waals surface area contributed by atoms with Crippen molar-refractivity contribution in [3.05, 3.63) is 106 Å². The van der Waals surface area contributed by atoms with E-state index in [1.165, 1.54) is 0 Å². The molecule has 0 bridgehead atoms. The van der Waals surface area contributed by atoms with Gasteiger partial charge in [0.1, 0.15) is 19.0 Å². The van der Waals surface area contributed by atoms with Gasteiger partial charge in [0, 0.05) is 5.39 Å². The molecule has 1 unspecified atom stereocenters. The van der Waals surface area contributed by atoms with Crippen molar-refractivity contribution in [2.24, 2.45) is 5.92 Å². The Morgan fingerprint density at radius 2 is 1.71 bits per heavy atom. The number of benzene rings is 3. The van der Waals surface area contributed by atoms with Crippen LogP contribution in [-0.4, -0.2) is 24.2 Å². The highest BCUT2D eigenvalue weighted by Crippen LogP contribution is 2.38. The lowest BCUT2D eigenvalue weighted by Crippen LogP contribution is -2.20. The number of carbonyl (C=O) groups is 1. The van der Waals surface area contributed by atoms with Gasteiger partial charge in [0.05, 0.1) is 21.8 Å². The zero-order valence-corrected chi connectivity index (χ0v) is 20.3. The average molecular weight is 484 g/mol. The van der Waals surface area contributed by atoms with Crippen molar-refractivity contribution in [2.45, 2.75) is 19.8 Å². The van der Waals surface area contributed by atoms with E-state index in [9.17, 15) is 4.79 Å². The molecule has 4 nitrogen and oxygen atoms in total. The first-order chi connectivity index (χ1) is 17.1. The molecule has 1 aliphatic rings. The Morgan fingerprint density at radius 3 is 2.54 bits per heavy atom. The number of aromatic nitrogens is 1. The highest BCUT2D eigenvalue weighted by Gasteiger charge is 2.28. The topological polar surface area (TPSA) is 48.4 Å². The monoisotopic (exact) mass is 483 g/mol. The summed E-state index contributed by atoms with van der Waals surface area (Å²) in [5, 5.41) is 1.34. The van der Waals surface area contributed by atoms with Gasteiger partial charge in [-0.3, -0.25) is 0 Å². The van der Waals surface area contributed by atoms with Gasteiger partial charge in [-0.15, -0.1) is 0 Å². The van der Waals surface area contributed by atoms with E-state index in [1.54, 1.807) is 12.1 Å². The Bertz CT molecular complexity index is 1400. The molecule has 3 aromatic carbocycles. The van der Waals surface area contributed by atoms with Crippen molar-refractivity contribution in [3.8, 4) is 5.75 Å². The summed E-state index contributed by atoms with van der Waals surface area (Å²) < 4.78 is 11.4. The van der Waals surface area contributed by atoms with Crippen LogP contribution in [0.2, 0.25) is 5.02 Å². The van der Waals surface area contributed by atoms with Crippen molar-refractivity contribution in [1.82, 2.24) is 4.98 Å². The average Bonchev–Trinajstić information content (AvgIpc) is 2.87. The van der Waals surface area contributed by atoms with Crippen LogP contribution in [0.25, 0.3) is 22.6 Å². The second kappa shape index (κ2) is 10.3. The normalized spacial score (nSPS) is 16.2. The molecule has 0 N–H and O–H groups in total. The number of para-hydroxylation sites is 2. The van der Waals surface area contributed by atoms with Crippen LogP contribution in [0.4, 0.5) is 0 Å². The summed E-state index contributed by atoms with van der Waals surface area (Å²) in [4.78, 5) is 18.4. The van der Waals surface area contributed by atoms with Gasteiger partial charge in [0.2, 0.25) is 0 Å². The maximum Gasteiger partial charge on any atom is 0.339 e. The minimum Gasteiger partial charge on any atom is -0.488 e. The van der Waals surface area contributed by atoms with E-state index in [2.05, 4.69) is 25.1 Å². The zero-order chi connectivity index (χ0) is 24.2. The fourth-order valence-corrected chi connectivity index (χ4v) is 4.83. The van der Waals surface area contributed by atoms with Crippen molar-refractivity contribution in [3.63, 3.8) is 0 Å². The highest BCUT2D eigenvalue weighted by atomic mass is 35.5. The zero-order valence-electron chi connectivity index (χ0n) is 19.5. The lowest BCUT2D eigenvalue weighted by atomic mass is 9.80. The molecular weight excluding hydrogens is 458 g/mol. The summed E-state index contributed by atoms with van der Waals surface area (Å²) in [6.45, 7) is 2.55. The van der Waals surface area contributed by atoms with Gasteiger partial charge < -0.3 is 9.47 Å². The molecule has 5 heteroatoms. The molecule has 1 aromatic heterocycles. The van der Waals surface area contributed by atoms with Gasteiger partial charge in [0.25, 0.3) is 0 Å². The van der Waals surface area contributed by atoms with Crippen LogP contribution in [0.5, 0.6) is 5.75 Å². The van der Waals surface area contributed by atoms with Gasteiger partial charge in [-0.1, -0.05) is 79.2 Å². The van der Waals surface area contributed by atoms with E-state index in [0.717, 1.165) is 46.1 Å². The quantitative estimate of drug-likeness (QED) is 0.214. The molecule has 0 saturated heterocycles.